The zero-order valence-electron chi connectivity index (χ0n) is 12.1. The third-order valence-corrected chi connectivity index (χ3v) is 5.46. The number of benzene rings is 1. The molecule has 1 heterocycles. The van der Waals surface area contributed by atoms with Gasteiger partial charge in [0.2, 0.25) is 5.91 Å². The van der Waals surface area contributed by atoms with Gasteiger partial charge in [0.1, 0.15) is 0 Å². The third-order valence-electron chi connectivity index (χ3n) is 3.57. The molecule has 1 unspecified atom stereocenters. The number of thioether (sulfide) groups is 2. The molecule has 0 radical (unpaired) electrons. The average Bonchev–Trinajstić information content (AvgIpc) is 3.00. The lowest BCUT2D eigenvalue weighted by Gasteiger charge is -2.22. The maximum Gasteiger partial charge on any atom is 0.234 e. The summed E-state index contributed by atoms with van der Waals surface area (Å²) in [6.45, 7) is 1.11. The van der Waals surface area contributed by atoms with Crippen LogP contribution < -0.4 is 5.32 Å². The molecule has 1 aliphatic heterocycles. The number of hydrogen-bond acceptors (Lipinski definition) is 4. The Labute approximate surface area is 129 Å². The van der Waals surface area contributed by atoms with E-state index in [1.807, 2.05) is 18.8 Å². The molecule has 1 aliphatic rings. The van der Waals surface area contributed by atoms with E-state index in [-0.39, 0.29) is 5.91 Å². The van der Waals surface area contributed by atoms with E-state index in [9.17, 15) is 4.79 Å². The van der Waals surface area contributed by atoms with E-state index in [2.05, 4.69) is 40.7 Å². The van der Waals surface area contributed by atoms with Crippen LogP contribution in [0.25, 0.3) is 0 Å². The van der Waals surface area contributed by atoms with Crippen LogP contribution in [0, 0.1) is 0 Å². The highest BCUT2D eigenvalue weighted by Crippen LogP contribution is 2.21. The molecule has 0 bridgehead atoms. The molecule has 0 aliphatic carbocycles. The molecule has 0 spiro atoms. The molecular weight excluding hydrogens is 288 g/mol. The highest BCUT2D eigenvalue weighted by atomic mass is 32.2. The van der Waals surface area contributed by atoms with E-state index >= 15 is 0 Å². The van der Waals surface area contributed by atoms with Crippen molar-refractivity contribution in [1.29, 1.82) is 0 Å². The van der Waals surface area contributed by atoms with Crippen LogP contribution in [0.4, 0.5) is 0 Å². The summed E-state index contributed by atoms with van der Waals surface area (Å²) < 4.78 is 0. The van der Waals surface area contributed by atoms with Gasteiger partial charge >= 0.3 is 0 Å². The zero-order chi connectivity index (χ0) is 14.4. The van der Waals surface area contributed by atoms with Gasteiger partial charge in [-0.15, -0.1) is 11.8 Å². The summed E-state index contributed by atoms with van der Waals surface area (Å²) >= 11 is 3.70. The van der Waals surface area contributed by atoms with Gasteiger partial charge in [-0.05, 0) is 43.2 Å². The summed E-state index contributed by atoms with van der Waals surface area (Å²) in [6.07, 6.45) is 3.26. The first-order chi connectivity index (χ1) is 9.69. The molecule has 0 saturated carbocycles. The topological polar surface area (TPSA) is 32.3 Å². The number of carbonyl (C=O) groups is 1. The number of hydrogen-bond donors (Lipinski definition) is 1. The van der Waals surface area contributed by atoms with E-state index in [0.717, 1.165) is 11.3 Å². The predicted molar refractivity (Wildman–Crippen MR) is 88.4 cm³/mol. The molecule has 1 atom stereocenters. The summed E-state index contributed by atoms with van der Waals surface area (Å²) in [5.41, 5.74) is 1.15. The normalized spacial score (nSPS) is 18.4. The average molecular weight is 310 g/mol. The Bertz CT molecular complexity index is 430. The maximum atomic E-state index is 11.9. The minimum Gasteiger partial charge on any atom is -0.351 e. The Balaban J connectivity index is 1.73. The van der Waals surface area contributed by atoms with Gasteiger partial charge in [0.05, 0.1) is 6.54 Å². The molecule has 1 aromatic rings. The van der Waals surface area contributed by atoms with Crippen LogP contribution in [0.3, 0.4) is 0 Å². The van der Waals surface area contributed by atoms with Crippen molar-refractivity contribution >= 4 is 29.4 Å². The predicted octanol–water partition coefficient (Wildman–Crippen LogP) is 2.46. The Kier molecular flexibility index (Phi) is 6.26. The highest BCUT2D eigenvalue weighted by molar-refractivity contribution is 7.99. The van der Waals surface area contributed by atoms with E-state index in [0.29, 0.717) is 19.1 Å². The van der Waals surface area contributed by atoms with Crippen LogP contribution in [-0.2, 0) is 11.3 Å². The van der Waals surface area contributed by atoms with Crippen LogP contribution in [0.2, 0.25) is 0 Å². The molecule has 1 amide bonds. The lowest BCUT2D eigenvalue weighted by Crippen LogP contribution is -2.40. The quantitative estimate of drug-likeness (QED) is 0.818. The molecule has 20 heavy (non-hydrogen) atoms. The van der Waals surface area contributed by atoms with Crippen molar-refractivity contribution in [3.05, 3.63) is 29.8 Å². The molecule has 1 N–H and O–H groups in total. The van der Waals surface area contributed by atoms with Gasteiger partial charge < -0.3 is 5.32 Å². The summed E-state index contributed by atoms with van der Waals surface area (Å²) in [4.78, 5) is 15.4. The van der Waals surface area contributed by atoms with Crippen LogP contribution in [0.1, 0.15) is 12.0 Å². The summed E-state index contributed by atoms with van der Waals surface area (Å²) in [6, 6.07) is 8.89. The van der Waals surface area contributed by atoms with Crippen molar-refractivity contribution < 1.29 is 4.79 Å². The van der Waals surface area contributed by atoms with Crippen molar-refractivity contribution in [2.75, 3.05) is 31.4 Å². The standard InChI is InChI=1S/C15H22N2OS2/c1-17(13-7-8-20-11-13)10-15(18)16-9-12-3-5-14(19-2)6-4-12/h3-6,13H,7-11H2,1-2H3,(H,16,18). The molecule has 3 nitrogen and oxygen atoms in total. The molecule has 1 saturated heterocycles. The zero-order valence-corrected chi connectivity index (χ0v) is 13.7. The lowest BCUT2D eigenvalue weighted by molar-refractivity contribution is -0.122. The summed E-state index contributed by atoms with van der Waals surface area (Å²) in [5, 5.41) is 3.00. The van der Waals surface area contributed by atoms with Crippen molar-refractivity contribution in [2.24, 2.45) is 0 Å². The molecule has 2 rings (SSSR count). The lowest BCUT2D eigenvalue weighted by atomic mass is 10.2. The molecule has 1 aromatic carbocycles. The van der Waals surface area contributed by atoms with Crippen molar-refractivity contribution in [3.63, 3.8) is 0 Å². The minimum atomic E-state index is 0.110. The van der Waals surface area contributed by atoms with E-state index in [4.69, 9.17) is 0 Å². The second-order valence-electron chi connectivity index (χ2n) is 5.06. The second-order valence-corrected chi connectivity index (χ2v) is 7.09. The van der Waals surface area contributed by atoms with E-state index in [1.54, 1.807) is 11.8 Å². The van der Waals surface area contributed by atoms with Gasteiger partial charge in [-0.2, -0.15) is 11.8 Å². The van der Waals surface area contributed by atoms with E-state index < -0.39 is 0 Å². The summed E-state index contributed by atoms with van der Waals surface area (Å²) in [5.74, 6) is 2.48. The van der Waals surface area contributed by atoms with Crippen molar-refractivity contribution in [3.8, 4) is 0 Å². The fourth-order valence-corrected chi connectivity index (χ4v) is 3.93. The van der Waals surface area contributed by atoms with Crippen molar-refractivity contribution in [2.45, 2.75) is 23.9 Å². The number of nitrogens with one attached hydrogen (secondary N) is 1. The Hall–Kier alpha value is -0.650. The van der Waals surface area contributed by atoms with Gasteiger partial charge in [0, 0.05) is 23.2 Å². The van der Waals surface area contributed by atoms with Gasteiger partial charge in [-0.25, -0.2) is 0 Å². The number of carbonyl (C=O) groups excluding carboxylic acids is 1. The van der Waals surface area contributed by atoms with Gasteiger partial charge in [0.15, 0.2) is 0 Å². The number of amides is 1. The van der Waals surface area contributed by atoms with Crippen LogP contribution in [0.5, 0.6) is 0 Å². The smallest absolute Gasteiger partial charge is 0.234 e. The van der Waals surface area contributed by atoms with Gasteiger partial charge in [-0.1, -0.05) is 12.1 Å². The number of rotatable bonds is 6. The first-order valence-corrected chi connectivity index (χ1v) is 9.24. The molecule has 0 aromatic heterocycles. The third kappa shape index (κ3) is 4.72. The second kappa shape index (κ2) is 7.96. The first-order valence-electron chi connectivity index (χ1n) is 6.86. The van der Waals surface area contributed by atoms with Crippen molar-refractivity contribution in [1.82, 2.24) is 10.2 Å². The monoisotopic (exact) mass is 310 g/mol. The fraction of sp³-hybridized carbons (Fsp3) is 0.533. The minimum absolute atomic E-state index is 0.110. The van der Waals surface area contributed by atoms with Crippen LogP contribution in [-0.4, -0.2) is 48.2 Å². The van der Waals surface area contributed by atoms with Gasteiger partial charge in [-0.3, -0.25) is 9.69 Å². The maximum absolute atomic E-state index is 11.9. The largest absolute Gasteiger partial charge is 0.351 e. The fourth-order valence-electron chi connectivity index (χ4n) is 2.23. The van der Waals surface area contributed by atoms with Crippen LogP contribution in [0.15, 0.2) is 29.2 Å². The van der Waals surface area contributed by atoms with E-state index in [1.165, 1.54) is 17.1 Å². The SMILES string of the molecule is CSc1ccc(CNC(=O)CN(C)C2CCSC2)cc1. The number of nitrogens with zero attached hydrogens (tertiary/aromatic N) is 1. The first kappa shape index (κ1) is 15.7. The molecular formula is C15H22N2OS2. The van der Waals surface area contributed by atoms with Crippen LogP contribution >= 0.6 is 23.5 Å². The molecule has 110 valence electrons. The highest BCUT2D eigenvalue weighted by Gasteiger charge is 2.21. The number of likely N-dealkylation sites (N-methyl/N-ethyl adjacent to an activating group) is 1. The Morgan fingerprint density at radius 3 is 2.80 bits per heavy atom. The molecule has 1 fully saturated rings. The summed E-state index contributed by atoms with van der Waals surface area (Å²) in [7, 11) is 2.05. The Morgan fingerprint density at radius 2 is 2.20 bits per heavy atom. The van der Waals surface area contributed by atoms with Gasteiger partial charge in [0.25, 0.3) is 0 Å². The molecule has 5 heteroatoms. The Morgan fingerprint density at radius 1 is 1.45 bits per heavy atom.